The number of nitrogens with one attached hydrogen (secondary N) is 1. The highest BCUT2D eigenvalue weighted by Crippen LogP contribution is 2.40. The fourth-order valence-corrected chi connectivity index (χ4v) is 4.59. The van der Waals surface area contributed by atoms with E-state index in [1.165, 1.54) is 12.8 Å². The number of carbonyl (C=O) groups is 1. The number of thioether (sulfide) groups is 1. The van der Waals surface area contributed by atoms with Crippen molar-refractivity contribution in [2.45, 2.75) is 57.5 Å². The normalized spacial score (nSPS) is 33.8. The van der Waals surface area contributed by atoms with Gasteiger partial charge in [-0.3, -0.25) is 10.1 Å². The van der Waals surface area contributed by atoms with E-state index in [-0.39, 0.29) is 5.41 Å². The van der Waals surface area contributed by atoms with Crippen molar-refractivity contribution >= 4 is 17.7 Å². The van der Waals surface area contributed by atoms with Crippen LogP contribution in [0.1, 0.15) is 46.0 Å². The number of hydrogen-bond acceptors (Lipinski definition) is 3. The zero-order valence-corrected chi connectivity index (χ0v) is 11.6. The highest BCUT2D eigenvalue weighted by Gasteiger charge is 2.47. The topological polar surface area (TPSA) is 49.3 Å². The lowest BCUT2D eigenvalue weighted by atomic mass is 9.79. The van der Waals surface area contributed by atoms with Gasteiger partial charge >= 0.3 is 5.97 Å². The van der Waals surface area contributed by atoms with Crippen molar-refractivity contribution in [2.24, 2.45) is 5.41 Å². The SMILES string of the molecule is CC1(C)CSCC(NC2CCCC2)(C(=O)O)C1. The first-order valence-electron chi connectivity index (χ1n) is 6.52. The van der Waals surface area contributed by atoms with E-state index in [0.29, 0.717) is 11.8 Å². The number of carboxylic acid groups (broad SMARTS) is 1. The maximum absolute atomic E-state index is 11.7. The molecule has 0 aromatic heterocycles. The molecule has 1 aliphatic heterocycles. The maximum atomic E-state index is 11.7. The van der Waals surface area contributed by atoms with Gasteiger partial charge in [0.2, 0.25) is 0 Å². The first-order valence-corrected chi connectivity index (χ1v) is 7.68. The molecule has 2 fully saturated rings. The molecule has 1 atom stereocenters. The lowest BCUT2D eigenvalue weighted by Gasteiger charge is -2.43. The molecular formula is C13H23NO2S. The second kappa shape index (κ2) is 4.81. The third-order valence-corrected chi connectivity index (χ3v) is 5.55. The van der Waals surface area contributed by atoms with Crippen LogP contribution in [0, 0.1) is 5.41 Å². The van der Waals surface area contributed by atoms with Crippen LogP contribution < -0.4 is 5.32 Å². The zero-order chi connectivity index (χ0) is 12.5. The van der Waals surface area contributed by atoms with Gasteiger partial charge in [0.15, 0.2) is 0 Å². The van der Waals surface area contributed by atoms with Crippen LogP contribution in [0.5, 0.6) is 0 Å². The van der Waals surface area contributed by atoms with E-state index in [0.717, 1.165) is 25.0 Å². The standard InChI is InChI=1S/C13H23NO2S/c1-12(2)7-13(11(15)16,9-17-8-12)14-10-5-3-4-6-10/h10,14H,3-9H2,1-2H3,(H,15,16). The highest BCUT2D eigenvalue weighted by molar-refractivity contribution is 7.99. The van der Waals surface area contributed by atoms with Crippen molar-refractivity contribution in [3.05, 3.63) is 0 Å². The number of rotatable bonds is 3. The molecule has 0 aromatic carbocycles. The van der Waals surface area contributed by atoms with Crippen LogP contribution in [-0.4, -0.2) is 34.2 Å². The monoisotopic (exact) mass is 257 g/mol. The maximum Gasteiger partial charge on any atom is 0.324 e. The highest BCUT2D eigenvalue weighted by atomic mass is 32.2. The van der Waals surface area contributed by atoms with Crippen LogP contribution in [-0.2, 0) is 4.79 Å². The predicted molar refractivity (Wildman–Crippen MR) is 71.5 cm³/mol. The second-order valence-corrected chi connectivity index (χ2v) is 7.33. The summed E-state index contributed by atoms with van der Waals surface area (Å²) in [5.41, 5.74) is -0.575. The molecule has 1 heterocycles. The Labute approximate surface area is 108 Å². The summed E-state index contributed by atoms with van der Waals surface area (Å²) in [5.74, 6) is 1.11. The molecule has 0 bridgehead atoms. The summed E-state index contributed by atoms with van der Waals surface area (Å²) in [4.78, 5) is 11.7. The van der Waals surface area contributed by atoms with Crippen LogP contribution in [0.25, 0.3) is 0 Å². The molecule has 2 aliphatic rings. The third-order valence-electron chi connectivity index (χ3n) is 3.87. The molecule has 0 radical (unpaired) electrons. The van der Waals surface area contributed by atoms with Crippen molar-refractivity contribution in [2.75, 3.05) is 11.5 Å². The van der Waals surface area contributed by atoms with Gasteiger partial charge in [-0.15, -0.1) is 0 Å². The Morgan fingerprint density at radius 2 is 1.94 bits per heavy atom. The second-order valence-electron chi connectivity index (χ2n) is 6.35. The first kappa shape index (κ1) is 13.2. The Morgan fingerprint density at radius 3 is 2.47 bits per heavy atom. The van der Waals surface area contributed by atoms with Crippen LogP contribution in [0.15, 0.2) is 0 Å². The van der Waals surface area contributed by atoms with Crippen molar-refractivity contribution in [1.82, 2.24) is 5.32 Å². The lowest BCUT2D eigenvalue weighted by Crippen LogP contribution is -2.61. The van der Waals surface area contributed by atoms with Crippen LogP contribution >= 0.6 is 11.8 Å². The van der Waals surface area contributed by atoms with Gasteiger partial charge < -0.3 is 5.11 Å². The van der Waals surface area contributed by atoms with Crippen LogP contribution in [0.3, 0.4) is 0 Å². The molecule has 1 saturated heterocycles. The van der Waals surface area contributed by atoms with E-state index in [1.54, 1.807) is 11.8 Å². The van der Waals surface area contributed by atoms with Crippen molar-refractivity contribution < 1.29 is 9.90 Å². The summed E-state index contributed by atoms with van der Waals surface area (Å²) in [7, 11) is 0. The number of aliphatic carboxylic acids is 1. The summed E-state index contributed by atoms with van der Waals surface area (Å²) < 4.78 is 0. The molecular weight excluding hydrogens is 234 g/mol. The van der Waals surface area contributed by atoms with Gasteiger partial charge in [-0.2, -0.15) is 11.8 Å². The Balaban J connectivity index is 2.11. The average molecular weight is 257 g/mol. The van der Waals surface area contributed by atoms with Crippen molar-refractivity contribution in [3.8, 4) is 0 Å². The fourth-order valence-electron chi connectivity index (χ4n) is 3.17. The molecule has 0 aromatic rings. The minimum atomic E-state index is -0.693. The summed E-state index contributed by atoms with van der Waals surface area (Å²) in [6, 6.07) is 0.417. The summed E-state index contributed by atoms with van der Waals surface area (Å²) in [5, 5.41) is 13.1. The number of hydrogen-bond donors (Lipinski definition) is 2. The number of carboxylic acids is 1. The molecule has 0 amide bonds. The summed E-state index contributed by atoms with van der Waals surface area (Å²) in [6.45, 7) is 4.35. The fraction of sp³-hybridized carbons (Fsp3) is 0.923. The van der Waals surface area contributed by atoms with Crippen molar-refractivity contribution in [3.63, 3.8) is 0 Å². The van der Waals surface area contributed by atoms with Crippen LogP contribution in [0.4, 0.5) is 0 Å². The Morgan fingerprint density at radius 1 is 1.29 bits per heavy atom. The largest absolute Gasteiger partial charge is 0.480 e. The van der Waals surface area contributed by atoms with E-state index in [1.807, 2.05) is 0 Å². The van der Waals surface area contributed by atoms with E-state index in [9.17, 15) is 9.90 Å². The molecule has 4 heteroatoms. The van der Waals surface area contributed by atoms with Gasteiger partial charge in [-0.1, -0.05) is 26.7 Å². The first-order chi connectivity index (χ1) is 7.94. The molecule has 3 nitrogen and oxygen atoms in total. The van der Waals surface area contributed by atoms with Gasteiger partial charge in [0, 0.05) is 11.8 Å². The molecule has 2 rings (SSSR count). The van der Waals surface area contributed by atoms with Gasteiger partial charge in [-0.05, 0) is 30.4 Å². The Hall–Kier alpha value is -0.220. The lowest BCUT2D eigenvalue weighted by molar-refractivity contribution is -0.145. The predicted octanol–water partition coefficient (Wildman–Crippen LogP) is 2.51. The van der Waals surface area contributed by atoms with E-state index in [2.05, 4.69) is 19.2 Å². The molecule has 1 unspecified atom stereocenters. The Kier molecular flexibility index (Phi) is 3.74. The summed E-state index contributed by atoms with van der Waals surface area (Å²) >= 11 is 1.78. The Bertz CT molecular complexity index is 300. The van der Waals surface area contributed by atoms with Gasteiger partial charge in [-0.25, -0.2) is 0 Å². The van der Waals surface area contributed by atoms with Crippen LogP contribution in [0.2, 0.25) is 0 Å². The average Bonchev–Trinajstić information content (AvgIpc) is 2.68. The van der Waals surface area contributed by atoms with Gasteiger partial charge in [0.1, 0.15) is 5.54 Å². The molecule has 1 saturated carbocycles. The zero-order valence-electron chi connectivity index (χ0n) is 10.8. The third kappa shape index (κ3) is 2.97. The molecule has 1 aliphatic carbocycles. The van der Waals surface area contributed by atoms with E-state index in [4.69, 9.17) is 0 Å². The summed E-state index contributed by atoms with van der Waals surface area (Å²) in [6.07, 6.45) is 5.51. The van der Waals surface area contributed by atoms with Gasteiger partial charge in [0.05, 0.1) is 0 Å². The van der Waals surface area contributed by atoms with Gasteiger partial charge in [0.25, 0.3) is 0 Å². The molecule has 17 heavy (non-hydrogen) atoms. The van der Waals surface area contributed by atoms with E-state index >= 15 is 0 Å². The smallest absolute Gasteiger partial charge is 0.324 e. The molecule has 0 spiro atoms. The quantitative estimate of drug-likeness (QED) is 0.815. The van der Waals surface area contributed by atoms with E-state index < -0.39 is 11.5 Å². The molecule has 98 valence electrons. The minimum absolute atomic E-state index is 0.118. The minimum Gasteiger partial charge on any atom is -0.480 e. The molecule has 2 N–H and O–H groups in total. The van der Waals surface area contributed by atoms with Crippen molar-refractivity contribution in [1.29, 1.82) is 0 Å².